The maximum absolute atomic E-state index is 3.71. The predicted molar refractivity (Wildman–Crippen MR) is 93.6 cm³/mol. The molecule has 0 saturated carbocycles. The summed E-state index contributed by atoms with van der Waals surface area (Å²) in [5.41, 5.74) is 1.40. The largest absolute Gasteiger partial charge is 0.309 e. The number of rotatable bonds is 9. The first-order chi connectivity index (χ1) is 10.0. The van der Waals surface area contributed by atoms with Gasteiger partial charge in [0.05, 0.1) is 0 Å². The quantitative estimate of drug-likeness (QED) is 0.728. The summed E-state index contributed by atoms with van der Waals surface area (Å²) in [6.45, 7) is 13.7. The highest BCUT2D eigenvalue weighted by Gasteiger charge is 2.29. The van der Waals surface area contributed by atoms with Crippen LogP contribution in [0.4, 0.5) is 0 Å². The average Bonchev–Trinajstić information content (AvgIpc) is 2.47. The highest BCUT2D eigenvalue weighted by Crippen LogP contribution is 2.26. The van der Waals surface area contributed by atoms with Gasteiger partial charge in [0.1, 0.15) is 0 Å². The van der Waals surface area contributed by atoms with E-state index in [0.717, 1.165) is 19.0 Å². The molecule has 1 aromatic rings. The van der Waals surface area contributed by atoms with Gasteiger partial charge in [0.15, 0.2) is 0 Å². The Hall–Kier alpha value is -0.860. The van der Waals surface area contributed by atoms with E-state index in [-0.39, 0.29) is 0 Å². The summed E-state index contributed by atoms with van der Waals surface area (Å²) in [5, 5.41) is 3.71. The minimum absolute atomic E-state index is 0.394. The number of hydrogen-bond acceptors (Lipinski definition) is 2. The molecule has 2 nitrogen and oxygen atoms in total. The van der Waals surface area contributed by atoms with Crippen molar-refractivity contribution in [3.8, 4) is 0 Å². The molecule has 1 aromatic carbocycles. The molecule has 0 aliphatic rings. The van der Waals surface area contributed by atoms with E-state index in [1.807, 2.05) is 0 Å². The zero-order chi connectivity index (χ0) is 15.8. The third-order valence-electron chi connectivity index (χ3n) is 4.41. The molecule has 0 spiro atoms. The van der Waals surface area contributed by atoms with Gasteiger partial charge >= 0.3 is 0 Å². The monoisotopic (exact) mass is 290 g/mol. The van der Waals surface area contributed by atoms with Crippen LogP contribution in [0.25, 0.3) is 0 Å². The van der Waals surface area contributed by atoms with Crippen LogP contribution < -0.4 is 5.32 Å². The molecule has 0 aliphatic carbocycles. The van der Waals surface area contributed by atoms with Crippen molar-refractivity contribution in [2.75, 3.05) is 20.1 Å². The Labute approximate surface area is 131 Å². The van der Waals surface area contributed by atoms with E-state index in [1.165, 1.54) is 12.0 Å². The number of nitrogens with zero attached hydrogens (tertiary/aromatic N) is 1. The lowest BCUT2D eigenvalue weighted by Crippen LogP contribution is -2.47. The van der Waals surface area contributed by atoms with E-state index in [9.17, 15) is 0 Å². The topological polar surface area (TPSA) is 15.3 Å². The lowest BCUT2D eigenvalue weighted by molar-refractivity contribution is 0.129. The van der Waals surface area contributed by atoms with Gasteiger partial charge in [-0.1, -0.05) is 71.4 Å². The second-order valence-corrected chi connectivity index (χ2v) is 6.63. The van der Waals surface area contributed by atoms with Crippen LogP contribution in [0.5, 0.6) is 0 Å². The van der Waals surface area contributed by atoms with Gasteiger partial charge in [-0.25, -0.2) is 0 Å². The van der Waals surface area contributed by atoms with Gasteiger partial charge in [0.2, 0.25) is 0 Å². The van der Waals surface area contributed by atoms with E-state index in [4.69, 9.17) is 0 Å². The van der Waals surface area contributed by atoms with Crippen LogP contribution in [0, 0.1) is 11.8 Å². The van der Waals surface area contributed by atoms with E-state index < -0.39 is 0 Å². The normalized spacial score (nSPS) is 16.2. The van der Waals surface area contributed by atoms with Gasteiger partial charge in [-0.2, -0.15) is 0 Å². The van der Waals surface area contributed by atoms with Crippen LogP contribution in [0.15, 0.2) is 30.3 Å². The summed E-state index contributed by atoms with van der Waals surface area (Å²) >= 11 is 0. The van der Waals surface area contributed by atoms with E-state index in [0.29, 0.717) is 18.0 Å². The molecule has 0 aromatic heterocycles. The third kappa shape index (κ3) is 5.44. The Morgan fingerprint density at radius 1 is 1.05 bits per heavy atom. The molecule has 120 valence electrons. The van der Waals surface area contributed by atoms with Gasteiger partial charge in [-0.15, -0.1) is 0 Å². The molecule has 0 amide bonds. The van der Waals surface area contributed by atoms with Gasteiger partial charge in [-0.05, 0) is 31.0 Å². The molecule has 0 aliphatic heterocycles. The van der Waals surface area contributed by atoms with Gasteiger partial charge in [-0.3, -0.25) is 0 Å². The fourth-order valence-corrected chi connectivity index (χ4v) is 3.21. The van der Waals surface area contributed by atoms with Crippen molar-refractivity contribution in [3.05, 3.63) is 35.9 Å². The second-order valence-electron chi connectivity index (χ2n) is 6.63. The van der Waals surface area contributed by atoms with Crippen LogP contribution in [0.2, 0.25) is 0 Å². The lowest BCUT2D eigenvalue weighted by Gasteiger charge is -2.39. The summed E-state index contributed by atoms with van der Waals surface area (Å²) in [6.07, 6.45) is 1.24. The zero-order valence-electron chi connectivity index (χ0n) is 14.8. The third-order valence-corrected chi connectivity index (χ3v) is 4.41. The molecule has 0 heterocycles. The Balaban J connectivity index is 2.98. The first-order valence-corrected chi connectivity index (χ1v) is 8.49. The average molecular weight is 290 g/mol. The summed E-state index contributed by atoms with van der Waals surface area (Å²) in [6, 6.07) is 11.8. The number of nitrogens with one attached hydrogen (secondary N) is 1. The smallest absolute Gasteiger partial charge is 0.0480 e. The van der Waals surface area contributed by atoms with Crippen LogP contribution in [-0.4, -0.2) is 31.1 Å². The molecule has 2 heteroatoms. The molecule has 0 saturated heterocycles. The summed E-state index contributed by atoms with van der Waals surface area (Å²) in [7, 11) is 2.28. The fraction of sp³-hybridized carbons (Fsp3) is 0.684. The maximum atomic E-state index is 3.71. The van der Waals surface area contributed by atoms with Crippen LogP contribution in [0.3, 0.4) is 0 Å². The molecule has 0 fully saturated rings. The van der Waals surface area contributed by atoms with Crippen molar-refractivity contribution in [3.63, 3.8) is 0 Å². The predicted octanol–water partition coefficient (Wildman–Crippen LogP) is 4.34. The lowest BCUT2D eigenvalue weighted by atomic mass is 9.89. The van der Waals surface area contributed by atoms with Gasteiger partial charge < -0.3 is 10.2 Å². The minimum Gasteiger partial charge on any atom is -0.309 e. The van der Waals surface area contributed by atoms with Crippen molar-refractivity contribution < 1.29 is 0 Å². The molecular formula is C19H34N2. The molecule has 21 heavy (non-hydrogen) atoms. The maximum Gasteiger partial charge on any atom is 0.0480 e. The van der Waals surface area contributed by atoms with E-state index >= 15 is 0 Å². The first-order valence-electron chi connectivity index (χ1n) is 8.49. The zero-order valence-corrected chi connectivity index (χ0v) is 14.8. The van der Waals surface area contributed by atoms with Crippen LogP contribution >= 0.6 is 0 Å². The van der Waals surface area contributed by atoms with Crippen molar-refractivity contribution in [1.82, 2.24) is 10.2 Å². The van der Waals surface area contributed by atoms with Crippen molar-refractivity contribution in [2.45, 2.75) is 53.1 Å². The second kappa shape index (κ2) is 9.22. The number of hydrogen-bond donors (Lipinski definition) is 1. The minimum atomic E-state index is 0.394. The molecule has 0 radical (unpaired) electrons. The summed E-state index contributed by atoms with van der Waals surface area (Å²) in [5.74, 6) is 1.36. The van der Waals surface area contributed by atoms with Crippen molar-refractivity contribution >= 4 is 0 Å². The number of likely N-dealkylation sites (N-methyl/N-ethyl adjacent to an activating group) is 2. The summed E-state index contributed by atoms with van der Waals surface area (Å²) in [4.78, 5) is 2.55. The molecule has 1 rings (SSSR count). The molecule has 3 unspecified atom stereocenters. The Morgan fingerprint density at radius 3 is 2.14 bits per heavy atom. The Kier molecular flexibility index (Phi) is 7.98. The first kappa shape index (κ1) is 18.2. The Bertz CT molecular complexity index is 374. The number of benzene rings is 1. The SMILES string of the molecule is CCNC(c1ccccc1)C(C(C)C)N(C)CC(C)CC. The van der Waals surface area contributed by atoms with Crippen molar-refractivity contribution in [1.29, 1.82) is 0 Å². The standard InChI is InChI=1S/C19H34N2/c1-7-16(5)14-21(6)19(15(3)4)18(20-8-2)17-12-10-9-11-13-17/h9-13,15-16,18-20H,7-8,14H2,1-6H3. The van der Waals surface area contributed by atoms with Gasteiger partial charge in [0.25, 0.3) is 0 Å². The van der Waals surface area contributed by atoms with Crippen LogP contribution in [0.1, 0.15) is 52.6 Å². The van der Waals surface area contributed by atoms with Crippen molar-refractivity contribution in [2.24, 2.45) is 11.8 Å². The van der Waals surface area contributed by atoms with E-state index in [2.05, 4.69) is 82.2 Å². The molecule has 1 N–H and O–H groups in total. The summed E-state index contributed by atoms with van der Waals surface area (Å²) < 4.78 is 0. The molecular weight excluding hydrogens is 256 g/mol. The fourth-order valence-electron chi connectivity index (χ4n) is 3.21. The van der Waals surface area contributed by atoms with Crippen LogP contribution in [-0.2, 0) is 0 Å². The molecule has 0 bridgehead atoms. The molecule has 3 atom stereocenters. The highest BCUT2D eigenvalue weighted by molar-refractivity contribution is 5.21. The van der Waals surface area contributed by atoms with Gasteiger partial charge in [0, 0.05) is 18.6 Å². The highest BCUT2D eigenvalue weighted by atomic mass is 15.2. The van der Waals surface area contributed by atoms with E-state index in [1.54, 1.807) is 0 Å². The Morgan fingerprint density at radius 2 is 1.67 bits per heavy atom.